The normalized spacial score (nSPS) is 15.9. The molecule has 0 atom stereocenters. The Labute approximate surface area is 199 Å². The lowest BCUT2D eigenvalue weighted by molar-refractivity contribution is -0.113. The highest BCUT2D eigenvalue weighted by atomic mass is 16.6. The molecule has 0 aliphatic carbocycles. The van der Waals surface area contributed by atoms with Crippen LogP contribution in [-0.2, 0) is 9.53 Å². The van der Waals surface area contributed by atoms with E-state index in [0.717, 1.165) is 11.1 Å². The number of hydrogen-bond donors (Lipinski definition) is 0. The first-order chi connectivity index (χ1) is 16.4. The number of rotatable bonds is 7. The lowest BCUT2D eigenvalue weighted by atomic mass is 9.94. The van der Waals surface area contributed by atoms with Gasteiger partial charge >= 0.3 is 6.09 Å². The lowest BCUT2D eigenvalue weighted by Gasteiger charge is -2.29. The molecule has 0 aromatic heterocycles. The molecule has 180 valence electrons. The van der Waals surface area contributed by atoms with Gasteiger partial charge in [0.15, 0.2) is 28.8 Å². The summed E-state index contributed by atoms with van der Waals surface area (Å²) in [6.45, 7) is 2.26. The van der Waals surface area contributed by atoms with Crippen LogP contribution in [0.1, 0.15) is 18.1 Å². The minimum absolute atomic E-state index is 0.134. The second-order valence-electron chi connectivity index (χ2n) is 7.45. The number of hydrogen-bond acceptors (Lipinski definition) is 7. The molecule has 0 bridgehead atoms. The highest BCUT2D eigenvalue weighted by Gasteiger charge is 2.30. The van der Waals surface area contributed by atoms with E-state index in [0.29, 0.717) is 34.1 Å². The second kappa shape index (κ2) is 11.3. The van der Waals surface area contributed by atoms with E-state index in [-0.39, 0.29) is 25.5 Å². The Bertz CT molecular complexity index is 1040. The molecule has 2 aromatic rings. The first kappa shape index (κ1) is 24.7. The van der Waals surface area contributed by atoms with Gasteiger partial charge < -0.3 is 23.7 Å². The maximum Gasteiger partial charge on any atom is 0.410 e. The summed E-state index contributed by atoms with van der Waals surface area (Å²) in [7, 11) is 6.21. The van der Waals surface area contributed by atoms with E-state index < -0.39 is 6.09 Å². The van der Waals surface area contributed by atoms with Gasteiger partial charge in [0.25, 0.3) is 0 Å². The number of ether oxygens (including phenoxy) is 5. The maximum atomic E-state index is 13.4. The van der Waals surface area contributed by atoms with Crippen molar-refractivity contribution >= 4 is 24.0 Å². The van der Waals surface area contributed by atoms with Crippen molar-refractivity contribution < 1.29 is 33.3 Å². The summed E-state index contributed by atoms with van der Waals surface area (Å²) in [5, 5.41) is 0. The number of amides is 1. The van der Waals surface area contributed by atoms with Crippen LogP contribution in [0, 0.1) is 0 Å². The monoisotopic (exact) mass is 467 g/mol. The quantitative estimate of drug-likeness (QED) is 0.564. The Hall–Kier alpha value is -3.94. The van der Waals surface area contributed by atoms with Crippen LogP contribution < -0.4 is 18.9 Å². The van der Waals surface area contributed by atoms with Crippen LogP contribution in [0.5, 0.6) is 23.0 Å². The number of piperidine rings is 1. The molecule has 0 unspecified atom stereocenters. The van der Waals surface area contributed by atoms with Gasteiger partial charge in [-0.3, -0.25) is 9.69 Å². The van der Waals surface area contributed by atoms with E-state index >= 15 is 0 Å². The summed E-state index contributed by atoms with van der Waals surface area (Å²) in [6, 6.07) is 10.7. The van der Waals surface area contributed by atoms with Crippen LogP contribution >= 0.6 is 0 Å². The summed E-state index contributed by atoms with van der Waals surface area (Å²) in [6.07, 6.45) is 3.02. The zero-order chi connectivity index (χ0) is 24.7. The SMILES string of the molecule is CCOC(=O)N1C/C(=C\c2ccc(OC)c(OC)c2)C(=O)/C(=C/c2ccc(OC)c(OC)c2)C1. The summed E-state index contributed by atoms with van der Waals surface area (Å²) < 4.78 is 26.5. The highest BCUT2D eigenvalue weighted by molar-refractivity contribution is 6.15. The first-order valence-electron chi connectivity index (χ1n) is 10.8. The molecular weight excluding hydrogens is 438 g/mol. The molecule has 2 aromatic carbocycles. The third-order valence-electron chi connectivity index (χ3n) is 5.33. The number of carbonyl (C=O) groups excluding carboxylic acids is 2. The smallest absolute Gasteiger partial charge is 0.410 e. The average Bonchev–Trinajstić information content (AvgIpc) is 2.86. The fraction of sp³-hybridized carbons (Fsp3) is 0.308. The Morgan fingerprint density at radius 1 is 0.794 bits per heavy atom. The fourth-order valence-electron chi connectivity index (χ4n) is 3.67. The van der Waals surface area contributed by atoms with Crippen LogP contribution in [0.15, 0.2) is 47.5 Å². The maximum absolute atomic E-state index is 13.4. The molecule has 0 saturated carbocycles. The van der Waals surface area contributed by atoms with E-state index in [4.69, 9.17) is 23.7 Å². The van der Waals surface area contributed by atoms with Crippen molar-refractivity contribution in [2.24, 2.45) is 0 Å². The van der Waals surface area contributed by atoms with Crippen LogP contribution in [-0.4, -0.2) is 64.9 Å². The minimum atomic E-state index is -0.480. The molecule has 0 spiro atoms. The molecule has 1 aliphatic rings. The zero-order valence-corrected chi connectivity index (χ0v) is 20.0. The molecule has 1 aliphatic heterocycles. The summed E-state index contributed by atoms with van der Waals surface area (Å²) in [5.74, 6) is 2.11. The first-order valence-corrected chi connectivity index (χ1v) is 10.8. The van der Waals surface area contributed by atoms with Crippen molar-refractivity contribution in [3.05, 3.63) is 58.7 Å². The fourth-order valence-corrected chi connectivity index (χ4v) is 3.67. The van der Waals surface area contributed by atoms with Gasteiger partial charge in [-0.05, 0) is 54.5 Å². The molecule has 0 N–H and O–H groups in total. The van der Waals surface area contributed by atoms with E-state index in [1.807, 2.05) is 12.1 Å². The van der Waals surface area contributed by atoms with Gasteiger partial charge in [0.05, 0.1) is 48.1 Å². The minimum Gasteiger partial charge on any atom is -0.493 e. The van der Waals surface area contributed by atoms with Crippen molar-refractivity contribution in [3.63, 3.8) is 0 Å². The number of nitrogens with zero attached hydrogens (tertiary/aromatic N) is 1. The molecule has 3 rings (SSSR count). The molecule has 1 amide bonds. The predicted molar refractivity (Wildman–Crippen MR) is 129 cm³/mol. The van der Waals surface area contributed by atoms with Gasteiger partial charge in [0.2, 0.25) is 0 Å². The number of Topliss-reactive ketones (excluding diaryl/α,β-unsaturated/α-hetero) is 1. The van der Waals surface area contributed by atoms with Gasteiger partial charge in [-0.15, -0.1) is 0 Å². The van der Waals surface area contributed by atoms with Crippen molar-refractivity contribution in [2.75, 3.05) is 48.1 Å². The summed E-state index contributed by atoms with van der Waals surface area (Å²) in [5.41, 5.74) is 2.41. The largest absolute Gasteiger partial charge is 0.493 e. The molecule has 1 fully saturated rings. The van der Waals surface area contributed by atoms with Crippen LogP contribution in [0.25, 0.3) is 12.2 Å². The summed E-state index contributed by atoms with van der Waals surface area (Å²) in [4.78, 5) is 27.4. The topological polar surface area (TPSA) is 83.5 Å². The standard InChI is InChI=1S/C26H29NO7/c1-6-34-26(29)27-15-19(11-17-7-9-21(30-2)23(13-17)32-4)25(28)20(16-27)12-18-8-10-22(31-3)24(14-18)33-5/h7-14H,6,15-16H2,1-5H3/b19-11+,20-12+. The lowest BCUT2D eigenvalue weighted by Crippen LogP contribution is -2.41. The Kier molecular flexibility index (Phi) is 8.19. The molecule has 0 radical (unpaired) electrons. The van der Waals surface area contributed by atoms with Crippen molar-refractivity contribution in [2.45, 2.75) is 6.92 Å². The van der Waals surface area contributed by atoms with Crippen molar-refractivity contribution in [3.8, 4) is 23.0 Å². The highest BCUT2D eigenvalue weighted by Crippen LogP contribution is 2.31. The average molecular weight is 468 g/mol. The van der Waals surface area contributed by atoms with Gasteiger partial charge in [-0.25, -0.2) is 4.79 Å². The third kappa shape index (κ3) is 5.51. The van der Waals surface area contributed by atoms with Crippen molar-refractivity contribution in [1.82, 2.24) is 4.90 Å². The predicted octanol–water partition coefficient (Wildman–Crippen LogP) is 4.23. The number of benzene rings is 2. The third-order valence-corrected chi connectivity index (χ3v) is 5.33. The van der Waals surface area contributed by atoms with Gasteiger partial charge in [0, 0.05) is 11.1 Å². The number of ketones is 1. The molecule has 34 heavy (non-hydrogen) atoms. The van der Waals surface area contributed by atoms with E-state index in [1.54, 1.807) is 71.8 Å². The Morgan fingerprint density at radius 3 is 1.62 bits per heavy atom. The van der Waals surface area contributed by atoms with E-state index in [1.165, 1.54) is 4.90 Å². The van der Waals surface area contributed by atoms with E-state index in [9.17, 15) is 9.59 Å². The zero-order valence-electron chi connectivity index (χ0n) is 20.0. The van der Waals surface area contributed by atoms with Crippen LogP contribution in [0.3, 0.4) is 0 Å². The number of carbonyl (C=O) groups is 2. The molecule has 1 saturated heterocycles. The summed E-state index contributed by atoms with van der Waals surface area (Å²) >= 11 is 0. The molecule has 1 heterocycles. The van der Waals surface area contributed by atoms with Crippen LogP contribution in [0.2, 0.25) is 0 Å². The van der Waals surface area contributed by atoms with Crippen molar-refractivity contribution in [1.29, 1.82) is 0 Å². The van der Waals surface area contributed by atoms with Gasteiger partial charge in [0.1, 0.15) is 0 Å². The second-order valence-corrected chi connectivity index (χ2v) is 7.45. The Balaban J connectivity index is 2.02. The molecule has 8 heteroatoms. The van der Waals surface area contributed by atoms with Crippen LogP contribution in [0.4, 0.5) is 4.79 Å². The molecular formula is C26H29NO7. The number of likely N-dealkylation sites (tertiary alicyclic amines) is 1. The Morgan fingerprint density at radius 2 is 1.24 bits per heavy atom. The van der Waals surface area contributed by atoms with Gasteiger partial charge in [-0.1, -0.05) is 12.1 Å². The van der Waals surface area contributed by atoms with E-state index in [2.05, 4.69) is 0 Å². The van der Waals surface area contributed by atoms with Gasteiger partial charge in [-0.2, -0.15) is 0 Å². The number of methoxy groups -OCH3 is 4. The molecule has 8 nitrogen and oxygen atoms in total.